The molecule has 0 atom stereocenters. The van der Waals surface area contributed by atoms with E-state index in [1.807, 2.05) is 30.3 Å². The first-order valence-electron chi connectivity index (χ1n) is 5.40. The van der Waals surface area contributed by atoms with Gasteiger partial charge in [0, 0.05) is 0 Å². The van der Waals surface area contributed by atoms with Crippen molar-refractivity contribution in [1.82, 2.24) is 0 Å². The van der Waals surface area contributed by atoms with E-state index in [2.05, 4.69) is 0 Å². The van der Waals surface area contributed by atoms with Crippen LogP contribution in [-0.4, -0.2) is 6.79 Å². The summed E-state index contributed by atoms with van der Waals surface area (Å²) in [5.74, 6) is 2.40. The third-order valence-corrected chi connectivity index (χ3v) is 2.53. The second-order valence-corrected chi connectivity index (χ2v) is 3.76. The Morgan fingerprint density at radius 1 is 1.06 bits per heavy atom. The maximum absolute atomic E-state index is 5.53. The molecule has 0 N–H and O–H groups in total. The van der Waals surface area contributed by atoms with Crippen molar-refractivity contribution in [3.63, 3.8) is 0 Å². The molecule has 0 fully saturated rings. The summed E-state index contributed by atoms with van der Waals surface area (Å²) in [6, 6.07) is 9.53. The first-order valence-corrected chi connectivity index (χ1v) is 5.40. The number of benzene rings is 1. The van der Waals surface area contributed by atoms with Gasteiger partial charge in [0.1, 0.15) is 12.4 Å². The van der Waals surface area contributed by atoms with Crippen molar-refractivity contribution in [1.29, 1.82) is 0 Å². The Labute approximate surface area is 98.7 Å². The Balaban J connectivity index is 1.58. The summed E-state index contributed by atoms with van der Waals surface area (Å²) in [6.07, 6.45) is 1.64. The minimum atomic E-state index is 0.298. The van der Waals surface area contributed by atoms with E-state index in [0.29, 0.717) is 20.0 Å². The Kier molecular flexibility index (Phi) is 2.71. The van der Waals surface area contributed by atoms with E-state index >= 15 is 0 Å². The van der Waals surface area contributed by atoms with Crippen molar-refractivity contribution in [2.75, 3.05) is 6.79 Å². The summed E-state index contributed by atoms with van der Waals surface area (Å²) >= 11 is 0. The lowest BCUT2D eigenvalue weighted by Gasteiger charge is -2.03. The molecule has 1 aliphatic heterocycles. The molecule has 17 heavy (non-hydrogen) atoms. The van der Waals surface area contributed by atoms with E-state index < -0.39 is 0 Å². The van der Waals surface area contributed by atoms with Crippen LogP contribution in [0, 0.1) is 0 Å². The summed E-state index contributed by atoms with van der Waals surface area (Å²) in [6.45, 7) is 1.30. The highest BCUT2D eigenvalue weighted by molar-refractivity contribution is 5.44. The fourth-order valence-electron chi connectivity index (χ4n) is 1.69. The number of ether oxygens (including phenoxy) is 3. The molecule has 1 aromatic carbocycles. The van der Waals surface area contributed by atoms with E-state index in [9.17, 15) is 0 Å². The molecule has 0 saturated heterocycles. The molecule has 0 spiro atoms. The summed E-state index contributed by atoms with van der Waals surface area (Å²) in [5.41, 5.74) is 1.06. The summed E-state index contributed by atoms with van der Waals surface area (Å²) in [5, 5.41) is 0. The van der Waals surface area contributed by atoms with Crippen molar-refractivity contribution >= 4 is 0 Å². The molecule has 4 heteroatoms. The van der Waals surface area contributed by atoms with Crippen molar-refractivity contribution < 1.29 is 18.6 Å². The van der Waals surface area contributed by atoms with Crippen molar-refractivity contribution in [2.45, 2.75) is 13.2 Å². The van der Waals surface area contributed by atoms with Gasteiger partial charge in [-0.1, -0.05) is 6.07 Å². The summed E-state index contributed by atoms with van der Waals surface area (Å²) < 4.78 is 21.2. The normalized spacial score (nSPS) is 12.9. The third-order valence-electron chi connectivity index (χ3n) is 2.53. The molecular weight excluding hydrogens is 220 g/mol. The first-order chi connectivity index (χ1) is 8.42. The van der Waals surface area contributed by atoms with Crippen LogP contribution in [-0.2, 0) is 18.0 Å². The zero-order chi connectivity index (χ0) is 11.5. The molecule has 0 radical (unpaired) electrons. The molecule has 88 valence electrons. The van der Waals surface area contributed by atoms with Gasteiger partial charge < -0.3 is 18.6 Å². The van der Waals surface area contributed by atoms with Crippen LogP contribution in [0.2, 0.25) is 0 Å². The van der Waals surface area contributed by atoms with Gasteiger partial charge >= 0.3 is 0 Å². The van der Waals surface area contributed by atoms with Crippen molar-refractivity contribution in [3.8, 4) is 11.5 Å². The lowest BCUT2D eigenvalue weighted by molar-refractivity contribution is 0.0928. The highest BCUT2D eigenvalue weighted by Gasteiger charge is 2.12. The van der Waals surface area contributed by atoms with E-state index in [1.54, 1.807) is 6.26 Å². The topological polar surface area (TPSA) is 40.8 Å². The van der Waals surface area contributed by atoms with Gasteiger partial charge in [0.05, 0.1) is 12.9 Å². The van der Waals surface area contributed by atoms with Gasteiger partial charge in [-0.05, 0) is 29.8 Å². The van der Waals surface area contributed by atoms with Crippen LogP contribution in [0.4, 0.5) is 0 Å². The minimum Gasteiger partial charge on any atom is -0.467 e. The van der Waals surface area contributed by atoms with Gasteiger partial charge in [0.15, 0.2) is 11.5 Å². The largest absolute Gasteiger partial charge is 0.467 e. The average Bonchev–Trinajstić information content (AvgIpc) is 2.98. The molecule has 0 amide bonds. The van der Waals surface area contributed by atoms with E-state index in [-0.39, 0.29) is 0 Å². The van der Waals surface area contributed by atoms with Gasteiger partial charge in [-0.3, -0.25) is 0 Å². The quantitative estimate of drug-likeness (QED) is 0.812. The molecule has 2 heterocycles. The number of furan rings is 1. The standard InChI is InChI=1S/C13H12O4/c1-2-11(15-5-1)8-14-7-10-3-4-12-13(6-10)17-9-16-12/h1-6H,7-9H2. The predicted molar refractivity (Wildman–Crippen MR) is 59.8 cm³/mol. The Morgan fingerprint density at radius 3 is 2.88 bits per heavy atom. The van der Waals surface area contributed by atoms with Gasteiger partial charge in [-0.2, -0.15) is 0 Å². The maximum Gasteiger partial charge on any atom is 0.231 e. The number of rotatable bonds is 4. The second-order valence-electron chi connectivity index (χ2n) is 3.76. The summed E-state index contributed by atoms with van der Waals surface area (Å²) in [7, 11) is 0. The van der Waals surface area contributed by atoms with Gasteiger partial charge in [-0.15, -0.1) is 0 Å². The van der Waals surface area contributed by atoms with Gasteiger partial charge in [0.2, 0.25) is 6.79 Å². The fraction of sp³-hybridized carbons (Fsp3) is 0.231. The van der Waals surface area contributed by atoms with Crippen LogP contribution in [0.3, 0.4) is 0 Å². The highest BCUT2D eigenvalue weighted by Crippen LogP contribution is 2.32. The zero-order valence-corrected chi connectivity index (χ0v) is 9.22. The molecule has 1 aliphatic rings. The number of fused-ring (bicyclic) bond motifs is 1. The Hall–Kier alpha value is -1.94. The lowest BCUT2D eigenvalue weighted by Crippen LogP contribution is -1.93. The second kappa shape index (κ2) is 4.51. The van der Waals surface area contributed by atoms with Gasteiger partial charge in [0.25, 0.3) is 0 Å². The molecule has 2 aromatic rings. The SMILES string of the molecule is c1coc(COCc2ccc3c(c2)OCO3)c1. The Morgan fingerprint density at radius 2 is 2.00 bits per heavy atom. The van der Waals surface area contributed by atoms with E-state index in [1.165, 1.54) is 0 Å². The smallest absolute Gasteiger partial charge is 0.231 e. The predicted octanol–water partition coefficient (Wildman–Crippen LogP) is 2.73. The monoisotopic (exact) mass is 232 g/mol. The molecule has 0 bridgehead atoms. The van der Waals surface area contributed by atoms with Crippen LogP contribution < -0.4 is 9.47 Å². The van der Waals surface area contributed by atoms with Crippen LogP contribution in [0.1, 0.15) is 11.3 Å². The van der Waals surface area contributed by atoms with Crippen LogP contribution in [0.15, 0.2) is 41.0 Å². The van der Waals surface area contributed by atoms with Crippen LogP contribution in [0.5, 0.6) is 11.5 Å². The van der Waals surface area contributed by atoms with Crippen molar-refractivity contribution in [3.05, 3.63) is 47.9 Å². The van der Waals surface area contributed by atoms with Crippen molar-refractivity contribution in [2.24, 2.45) is 0 Å². The molecular formula is C13H12O4. The van der Waals surface area contributed by atoms with Crippen LogP contribution >= 0.6 is 0 Å². The molecule has 0 unspecified atom stereocenters. The van der Waals surface area contributed by atoms with Crippen LogP contribution in [0.25, 0.3) is 0 Å². The lowest BCUT2D eigenvalue weighted by atomic mass is 10.2. The molecule has 3 rings (SSSR count). The highest BCUT2D eigenvalue weighted by atomic mass is 16.7. The molecule has 0 aliphatic carbocycles. The Bertz CT molecular complexity index is 490. The number of hydrogen-bond donors (Lipinski definition) is 0. The maximum atomic E-state index is 5.53. The van der Waals surface area contributed by atoms with Gasteiger partial charge in [-0.25, -0.2) is 0 Å². The van der Waals surface area contributed by atoms with E-state index in [0.717, 1.165) is 22.8 Å². The summed E-state index contributed by atoms with van der Waals surface area (Å²) in [4.78, 5) is 0. The molecule has 0 saturated carbocycles. The van der Waals surface area contributed by atoms with E-state index in [4.69, 9.17) is 18.6 Å². The molecule has 4 nitrogen and oxygen atoms in total. The first kappa shape index (κ1) is 10.2. The molecule has 1 aromatic heterocycles. The third kappa shape index (κ3) is 2.26. The minimum absolute atomic E-state index is 0.298. The number of hydrogen-bond acceptors (Lipinski definition) is 4. The average molecular weight is 232 g/mol. The zero-order valence-electron chi connectivity index (χ0n) is 9.22. The fourth-order valence-corrected chi connectivity index (χ4v) is 1.69.